The normalized spacial score (nSPS) is 26.6. The molecule has 1 saturated carbocycles. The quantitative estimate of drug-likeness (QED) is 0.855. The first kappa shape index (κ1) is 12.1. The Kier molecular flexibility index (Phi) is 3.20. The topological polar surface area (TPSA) is 46.3 Å². The maximum absolute atomic E-state index is 12.5. The number of likely N-dealkylation sites (N-methyl/N-ethyl adjacent to an activating group) is 1. The largest absolute Gasteiger partial charge is 0.342 e. The van der Waals surface area contributed by atoms with Gasteiger partial charge < -0.3 is 10.6 Å². The number of amides is 1. The number of hydrogen-bond donors (Lipinski definition) is 1. The maximum atomic E-state index is 12.5. The smallest absolute Gasteiger partial charge is 0.234 e. The van der Waals surface area contributed by atoms with E-state index in [9.17, 15) is 4.79 Å². The van der Waals surface area contributed by atoms with Crippen LogP contribution in [0.2, 0.25) is 0 Å². The van der Waals surface area contributed by atoms with Gasteiger partial charge in [0.15, 0.2) is 0 Å². The standard InChI is InChI=1S/C14H20N2O/c1-3-16(4-2)13(17)14(10-12(14)15)11-8-6-5-7-9-11/h5-9,12H,3-4,10,15H2,1-2H3/t12-,14+/m1/s1. The molecular formula is C14H20N2O. The molecule has 17 heavy (non-hydrogen) atoms. The molecule has 0 spiro atoms. The van der Waals surface area contributed by atoms with Crippen molar-refractivity contribution < 1.29 is 4.79 Å². The van der Waals surface area contributed by atoms with Crippen LogP contribution >= 0.6 is 0 Å². The van der Waals surface area contributed by atoms with Gasteiger partial charge in [-0.1, -0.05) is 30.3 Å². The first-order valence-corrected chi connectivity index (χ1v) is 6.27. The first-order chi connectivity index (χ1) is 8.16. The minimum Gasteiger partial charge on any atom is -0.342 e. The Labute approximate surface area is 103 Å². The van der Waals surface area contributed by atoms with E-state index < -0.39 is 5.41 Å². The predicted molar refractivity (Wildman–Crippen MR) is 68.6 cm³/mol. The molecule has 1 aliphatic carbocycles. The molecule has 1 amide bonds. The van der Waals surface area contributed by atoms with E-state index in [2.05, 4.69) is 0 Å². The van der Waals surface area contributed by atoms with Gasteiger partial charge in [-0.2, -0.15) is 0 Å². The van der Waals surface area contributed by atoms with Crippen LogP contribution in [0.4, 0.5) is 0 Å². The van der Waals surface area contributed by atoms with Crippen molar-refractivity contribution >= 4 is 5.91 Å². The third-order valence-electron chi connectivity index (χ3n) is 3.74. The SMILES string of the molecule is CCN(CC)C(=O)[C@]1(c2ccccc2)C[C@H]1N. The van der Waals surface area contributed by atoms with E-state index in [1.165, 1.54) is 0 Å². The number of carbonyl (C=O) groups excluding carboxylic acids is 1. The van der Waals surface area contributed by atoms with Crippen molar-refractivity contribution in [2.24, 2.45) is 5.73 Å². The lowest BCUT2D eigenvalue weighted by molar-refractivity contribution is -0.133. The van der Waals surface area contributed by atoms with Crippen LogP contribution in [-0.2, 0) is 10.2 Å². The van der Waals surface area contributed by atoms with Gasteiger partial charge in [0.1, 0.15) is 0 Å². The number of rotatable bonds is 4. The van der Waals surface area contributed by atoms with Crippen molar-refractivity contribution in [1.82, 2.24) is 4.90 Å². The Balaban J connectivity index is 2.31. The highest BCUT2D eigenvalue weighted by molar-refractivity contribution is 5.93. The molecule has 0 radical (unpaired) electrons. The van der Waals surface area contributed by atoms with E-state index in [0.717, 1.165) is 25.1 Å². The summed E-state index contributed by atoms with van der Waals surface area (Å²) in [6.45, 7) is 5.51. The highest BCUT2D eigenvalue weighted by Gasteiger charge is 2.60. The van der Waals surface area contributed by atoms with Gasteiger partial charge in [-0.25, -0.2) is 0 Å². The van der Waals surface area contributed by atoms with Crippen molar-refractivity contribution in [2.45, 2.75) is 31.7 Å². The number of benzene rings is 1. The number of carbonyl (C=O) groups is 1. The zero-order chi connectivity index (χ0) is 12.5. The summed E-state index contributed by atoms with van der Waals surface area (Å²) >= 11 is 0. The third kappa shape index (κ3) is 1.84. The minimum atomic E-state index is -0.451. The van der Waals surface area contributed by atoms with Crippen molar-refractivity contribution in [3.05, 3.63) is 35.9 Å². The highest BCUT2D eigenvalue weighted by Crippen LogP contribution is 2.48. The molecule has 2 N–H and O–H groups in total. The number of nitrogens with two attached hydrogens (primary N) is 1. The second-order valence-electron chi connectivity index (χ2n) is 4.63. The van der Waals surface area contributed by atoms with E-state index >= 15 is 0 Å². The number of nitrogens with zero attached hydrogens (tertiary/aromatic N) is 1. The van der Waals surface area contributed by atoms with Crippen molar-refractivity contribution in [3.8, 4) is 0 Å². The molecule has 1 aromatic carbocycles. The Hall–Kier alpha value is -1.35. The molecule has 1 aromatic rings. The van der Waals surface area contributed by atoms with Crippen LogP contribution in [0, 0.1) is 0 Å². The first-order valence-electron chi connectivity index (χ1n) is 6.27. The van der Waals surface area contributed by atoms with Gasteiger partial charge in [0, 0.05) is 19.1 Å². The van der Waals surface area contributed by atoms with Crippen molar-refractivity contribution in [1.29, 1.82) is 0 Å². The van der Waals surface area contributed by atoms with Crippen LogP contribution in [0.1, 0.15) is 25.8 Å². The molecule has 0 aromatic heterocycles. The molecule has 0 unspecified atom stereocenters. The second kappa shape index (κ2) is 4.49. The zero-order valence-electron chi connectivity index (χ0n) is 10.5. The Morgan fingerprint density at radius 1 is 1.35 bits per heavy atom. The summed E-state index contributed by atoms with van der Waals surface area (Å²) < 4.78 is 0. The lowest BCUT2D eigenvalue weighted by Gasteiger charge is -2.25. The highest BCUT2D eigenvalue weighted by atomic mass is 16.2. The van der Waals surface area contributed by atoms with Crippen LogP contribution in [0.3, 0.4) is 0 Å². The van der Waals surface area contributed by atoms with Crippen LogP contribution < -0.4 is 5.73 Å². The molecule has 3 heteroatoms. The van der Waals surface area contributed by atoms with Crippen LogP contribution in [0.5, 0.6) is 0 Å². The van der Waals surface area contributed by atoms with Gasteiger partial charge in [0.05, 0.1) is 5.41 Å². The Morgan fingerprint density at radius 2 is 1.88 bits per heavy atom. The molecule has 2 atom stereocenters. The minimum absolute atomic E-state index is 0.0296. The Bertz CT molecular complexity index is 400. The van der Waals surface area contributed by atoms with Crippen molar-refractivity contribution in [2.75, 3.05) is 13.1 Å². The van der Waals surface area contributed by atoms with Gasteiger partial charge >= 0.3 is 0 Å². The summed E-state index contributed by atoms with van der Waals surface area (Å²) in [4.78, 5) is 14.4. The molecule has 92 valence electrons. The molecule has 2 rings (SSSR count). The third-order valence-corrected chi connectivity index (χ3v) is 3.74. The second-order valence-corrected chi connectivity index (χ2v) is 4.63. The lowest BCUT2D eigenvalue weighted by Crippen LogP contribution is -2.42. The van der Waals surface area contributed by atoms with Gasteiger partial charge in [-0.3, -0.25) is 4.79 Å². The van der Waals surface area contributed by atoms with E-state index in [4.69, 9.17) is 5.73 Å². The van der Waals surface area contributed by atoms with E-state index in [-0.39, 0.29) is 11.9 Å². The average molecular weight is 232 g/mol. The zero-order valence-corrected chi connectivity index (χ0v) is 10.5. The average Bonchev–Trinajstić information content (AvgIpc) is 3.05. The summed E-state index contributed by atoms with van der Waals surface area (Å²) in [6.07, 6.45) is 0.770. The summed E-state index contributed by atoms with van der Waals surface area (Å²) in [6, 6.07) is 9.89. The molecule has 0 aliphatic heterocycles. The fourth-order valence-corrected chi connectivity index (χ4v) is 2.52. The fraction of sp³-hybridized carbons (Fsp3) is 0.500. The van der Waals surface area contributed by atoms with E-state index in [1.807, 2.05) is 49.1 Å². The van der Waals surface area contributed by atoms with Gasteiger partial charge in [0.25, 0.3) is 0 Å². The lowest BCUT2D eigenvalue weighted by atomic mass is 9.93. The number of hydrogen-bond acceptors (Lipinski definition) is 2. The summed E-state index contributed by atoms with van der Waals surface area (Å²) in [5.74, 6) is 0.182. The van der Waals surface area contributed by atoms with Crippen LogP contribution in [-0.4, -0.2) is 29.9 Å². The van der Waals surface area contributed by atoms with Crippen LogP contribution in [0.15, 0.2) is 30.3 Å². The monoisotopic (exact) mass is 232 g/mol. The van der Waals surface area contributed by atoms with Crippen LogP contribution in [0.25, 0.3) is 0 Å². The predicted octanol–water partition coefficient (Wildman–Crippen LogP) is 1.52. The fourth-order valence-electron chi connectivity index (χ4n) is 2.52. The molecule has 1 aliphatic rings. The summed E-state index contributed by atoms with van der Waals surface area (Å²) in [5, 5.41) is 0. The maximum Gasteiger partial charge on any atom is 0.234 e. The molecule has 0 bridgehead atoms. The van der Waals surface area contributed by atoms with Gasteiger partial charge in [0.2, 0.25) is 5.91 Å². The Morgan fingerprint density at radius 3 is 2.29 bits per heavy atom. The van der Waals surface area contributed by atoms with Crippen molar-refractivity contribution in [3.63, 3.8) is 0 Å². The van der Waals surface area contributed by atoms with Gasteiger partial charge in [-0.05, 0) is 25.8 Å². The molecule has 3 nitrogen and oxygen atoms in total. The molecule has 0 heterocycles. The molecular weight excluding hydrogens is 212 g/mol. The summed E-state index contributed by atoms with van der Waals surface area (Å²) in [7, 11) is 0. The molecule has 1 fully saturated rings. The van der Waals surface area contributed by atoms with E-state index in [1.54, 1.807) is 0 Å². The van der Waals surface area contributed by atoms with Gasteiger partial charge in [-0.15, -0.1) is 0 Å². The molecule has 0 saturated heterocycles. The summed E-state index contributed by atoms with van der Waals surface area (Å²) in [5.41, 5.74) is 6.64. The van der Waals surface area contributed by atoms with E-state index in [0.29, 0.717) is 0 Å².